The molecule has 5 aliphatic heterocycles. The lowest BCUT2D eigenvalue weighted by Crippen LogP contribution is -2.55. The van der Waals surface area contributed by atoms with E-state index in [1.54, 1.807) is 20.8 Å². The summed E-state index contributed by atoms with van der Waals surface area (Å²) in [5.74, 6) is -6.78. The van der Waals surface area contributed by atoms with Crippen molar-refractivity contribution in [3.05, 3.63) is 12.2 Å². The molecule has 0 aliphatic carbocycles. The second-order valence-corrected chi connectivity index (χ2v) is 34.2. The zero-order valence-corrected chi connectivity index (χ0v) is 79.4. The van der Waals surface area contributed by atoms with Crippen molar-refractivity contribution in [2.24, 2.45) is 34.3 Å². The average Bonchev–Trinajstić information content (AvgIpc) is 1.78. The highest BCUT2D eigenvalue weighted by atomic mass is 16.7. The number of ether oxygens (including phenoxy) is 18. The van der Waals surface area contributed by atoms with Crippen LogP contribution in [-0.2, 0) is 138 Å². The number of hydroxylamine groups is 2. The number of unbranched alkanes of at least 4 members (excludes halogenated alkanes) is 7. The SMILES string of the molecule is CC1C(OCCOCCOCCNC(=O)CCOCC(COCCC(=O)NCCOCCOCCOC2OC(CO)C(O)C(O)C2C)(COCCC(=O)NCCOCCOCCOC2OC(CO)C(O)C(O)C2C)CC(=O)CCCCCCCCCCC(=O)NCCOC(C)(OCCNC(=O)OCN)C(C)(C)C)OC(CO)C(O)C1O.O=C(CCN1C(=O)C=CC1=O)ON1C(=O)CCC1=O. The maximum absolute atomic E-state index is 14.1. The third kappa shape index (κ3) is 48.3. The third-order valence-corrected chi connectivity index (χ3v) is 22.5. The number of hydrogen-bond donors (Lipinski definition) is 15. The molecule has 0 aromatic rings. The number of amides is 9. The number of nitrogens with zero attached hydrogens (tertiary/aromatic N) is 2. The lowest BCUT2D eigenvalue weighted by molar-refractivity contribution is -0.284. The van der Waals surface area contributed by atoms with Gasteiger partial charge in [0.25, 0.3) is 23.6 Å². The minimum atomic E-state index is -1.24. The van der Waals surface area contributed by atoms with Gasteiger partial charge in [0.15, 0.2) is 24.7 Å². The van der Waals surface area contributed by atoms with E-state index in [-0.39, 0.29) is 272 Å². The van der Waals surface area contributed by atoms with Gasteiger partial charge in [0.2, 0.25) is 23.6 Å². The van der Waals surface area contributed by atoms with Gasteiger partial charge >= 0.3 is 12.1 Å². The van der Waals surface area contributed by atoms with Crippen molar-refractivity contribution in [1.29, 1.82) is 0 Å². The molecule has 9 amide bonds. The molecule has 16 N–H and O–H groups in total. The van der Waals surface area contributed by atoms with Gasteiger partial charge in [0, 0.05) is 131 Å². The van der Waals surface area contributed by atoms with E-state index >= 15 is 0 Å². The highest BCUT2D eigenvalue weighted by molar-refractivity contribution is 6.13. The number of alkyl carbamates (subject to hydrolysis) is 1. The van der Waals surface area contributed by atoms with Crippen molar-refractivity contribution in [3.63, 3.8) is 0 Å². The van der Waals surface area contributed by atoms with E-state index < -0.39 is 164 Å². The van der Waals surface area contributed by atoms with E-state index in [4.69, 9.17) is 86.3 Å². The lowest BCUT2D eigenvalue weighted by atomic mass is 9.84. The number of carbonyl (C=O) groups excluding carboxylic acids is 11. The number of nitrogens with two attached hydrogens (primary N) is 1. The molecule has 4 fully saturated rings. The Hall–Kier alpha value is -6.77. The number of imide groups is 2. The maximum Gasteiger partial charge on any atom is 0.408 e. The van der Waals surface area contributed by atoms with Gasteiger partial charge in [-0.15, -0.1) is 5.06 Å². The molecule has 135 heavy (non-hydrogen) atoms. The Morgan fingerprint density at radius 2 is 0.733 bits per heavy atom. The molecule has 0 aromatic heterocycles. The fourth-order valence-electron chi connectivity index (χ4n) is 13.9. The van der Waals surface area contributed by atoms with Gasteiger partial charge < -0.3 is 163 Å². The quantitative estimate of drug-likeness (QED) is 0.0167. The van der Waals surface area contributed by atoms with Crippen LogP contribution in [-0.4, -0.2) is 418 Å². The van der Waals surface area contributed by atoms with Crippen molar-refractivity contribution < 1.29 is 189 Å². The Labute approximate surface area is 788 Å². The van der Waals surface area contributed by atoms with Gasteiger partial charge in [0.05, 0.1) is 197 Å². The van der Waals surface area contributed by atoms with Crippen LogP contribution < -0.4 is 32.3 Å². The second-order valence-electron chi connectivity index (χ2n) is 34.2. The summed E-state index contributed by atoms with van der Waals surface area (Å²) in [7, 11) is 0. The standard InChI is InChI=1S/C77H144N6O33.C11H10N2O6/c1-54-65(92)68(95)58(47-84)114-71(54)108-43-40-102-37-34-99-29-21-79-62(89)18-26-105-50-77(51-106-27-19-63(90)80-22-30-100-35-38-103-41-44-109-72-55(2)66(93)69(96)59(48-85)115-72,52-107-28-20-64(91)81-23-31-101-36-39-104-42-45-110-73-56(3)67(94)70(97)60(49-86)116-73)46-57(87)16-14-12-10-8-9-11-13-15-17-61(88)82-24-32-112-76(7,75(4,5)6)113-33-25-83-74(98)111-53-78;14-7-1-2-8(15)12(7)6-5-11(18)19-13-9(16)3-4-10(13)17/h54-56,58-60,65-73,84-86,92-97H,8-53,78H2,1-7H3,(H,79,89)(H,80,90)(H,81,91)(H,82,88)(H,83,98);1-2H,3-6H2. The van der Waals surface area contributed by atoms with Gasteiger partial charge in [-0.2, -0.15) is 0 Å². The molecule has 47 heteroatoms. The van der Waals surface area contributed by atoms with E-state index in [1.165, 1.54) is 0 Å². The number of ketones is 1. The molecule has 47 nitrogen and oxygen atoms in total. The Balaban J connectivity index is 0.00000176. The monoisotopic (exact) mass is 1950 g/mol. The highest BCUT2D eigenvalue weighted by Crippen LogP contribution is 2.36. The van der Waals surface area contributed by atoms with Crippen LogP contribution in [0.3, 0.4) is 0 Å². The summed E-state index contributed by atoms with van der Waals surface area (Å²) in [5, 5.41) is 104. The topological polar surface area (TPSA) is 638 Å². The Morgan fingerprint density at radius 3 is 1.09 bits per heavy atom. The predicted molar refractivity (Wildman–Crippen MR) is 471 cm³/mol. The average molecular weight is 1950 g/mol. The van der Waals surface area contributed by atoms with Crippen LogP contribution in [0.1, 0.15) is 158 Å². The molecule has 16 atom stereocenters. The molecule has 0 radical (unpaired) electrons. The number of nitrogens with one attached hydrogen (secondary N) is 5. The van der Waals surface area contributed by atoms with Crippen LogP contribution in [0.2, 0.25) is 0 Å². The number of aliphatic hydroxyl groups is 9. The number of aliphatic hydroxyl groups excluding tert-OH is 9. The molecular weight excluding hydrogens is 1790 g/mol. The van der Waals surface area contributed by atoms with E-state index in [0.29, 0.717) is 24.4 Å². The molecule has 0 bridgehead atoms. The predicted octanol–water partition coefficient (Wildman–Crippen LogP) is -2.76. The van der Waals surface area contributed by atoms with Gasteiger partial charge in [-0.25, -0.2) is 9.59 Å². The molecule has 5 rings (SSSR count). The number of hydrogen-bond acceptors (Lipinski definition) is 40. The van der Waals surface area contributed by atoms with E-state index in [9.17, 15) is 98.7 Å². The third-order valence-electron chi connectivity index (χ3n) is 22.5. The molecule has 0 saturated carbocycles. The van der Waals surface area contributed by atoms with Crippen LogP contribution in [0, 0.1) is 28.6 Å². The molecule has 0 aromatic carbocycles. The van der Waals surface area contributed by atoms with Gasteiger partial charge in [-0.3, -0.25) is 53.8 Å². The van der Waals surface area contributed by atoms with Gasteiger partial charge in [0.1, 0.15) is 49.1 Å². The van der Waals surface area contributed by atoms with Crippen LogP contribution in [0.4, 0.5) is 4.79 Å². The number of carbonyl (C=O) groups is 11. The molecule has 0 spiro atoms. The molecule has 16 unspecified atom stereocenters. The van der Waals surface area contributed by atoms with Gasteiger partial charge in [-0.1, -0.05) is 80.1 Å². The van der Waals surface area contributed by atoms with Crippen molar-refractivity contribution in [2.75, 3.05) is 218 Å². The zero-order valence-electron chi connectivity index (χ0n) is 79.4. The van der Waals surface area contributed by atoms with E-state index in [0.717, 1.165) is 62.0 Å². The summed E-state index contributed by atoms with van der Waals surface area (Å²) in [5.41, 5.74) is 3.68. The molecule has 5 aliphatic rings. The van der Waals surface area contributed by atoms with Gasteiger partial charge in [-0.05, 0) is 19.8 Å². The highest BCUT2D eigenvalue weighted by Gasteiger charge is 2.46. The first kappa shape index (κ1) is 121. The molecule has 780 valence electrons. The van der Waals surface area contributed by atoms with E-state index in [2.05, 4.69) is 36.2 Å². The molecule has 5 heterocycles. The van der Waals surface area contributed by atoms with Crippen molar-refractivity contribution in [1.82, 2.24) is 36.5 Å². The van der Waals surface area contributed by atoms with Crippen LogP contribution in [0.5, 0.6) is 0 Å². The summed E-state index contributed by atoms with van der Waals surface area (Å²) < 4.78 is 103. The first-order valence-corrected chi connectivity index (χ1v) is 46.6. The minimum absolute atomic E-state index is 0.0130. The number of rotatable bonds is 74. The normalized spacial score (nSPS) is 23.9. The first-order chi connectivity index (χ1) is 64.6. The smallest absolute Gasteiger partial charge is 0.408 e. The van der Waals surface area contributed by atoms with Crippen LogP contribution in [0.25, 0.3) is 0 Å². The summed E-state index contributed by atoms with van der Waals surface area (Å²) in [4.78, 5) is 139. The van der Waals surface area contributed by atoms with E-state index in [1.807, 2.05) is 27.7 Å². The summed E-state index contributed by atoms with van der Waals surface area (Å²) in [6, 6.07) is 0. The fourth-order valence-corrected chi connectivity index (χ4v) is 13.9. The molecule has 4 saturated heterocycles. The van der Waals surface area contributed by atoms with Crippen molar-refractivity contribution in [3.8, 4) is 0 Å². The summed E-state index contributed by atoms with van der Waals surface area (Å²) >= 11 is 0. The summed E-state index contributed by atoms with van der Waals surface area (Å²) in [6.45, 7) is 14.7. The second kappa shape index (κ2) is 69.1. The maximum atomic E-state index is 14.1. The largest absolute Gasteiger partial charge is 0.434 e. The molecular formula is C88H154N8O39. The lowest BCUT2D eigenvalue weighted by Gasteiger charge is -2.41. The summed E-state index contributed by atoms with van der Waals surface area (Å²) in [6.07, 6.45) is -4.10. The van der Waals surface area contributed by atoms with Crippen molar-refractivity contribution >= 4 is 65.1 Å². The van der Waals surface area contributed by atoms with Crippen molar-refractivity contribution in [2.45, 2.75) is 237 Å². The first-order valence-electron chi connectivity index (χ1n) is 46.6. The zero-order chi connectivity index (χ0) is 99.4. The number of Topliss-reactive ketones (excluding diaryl/α,β-unsaturated/α-hetero) is 1. The Bertz CT molecular complexity index is 3190. The van der Waals surface area contributed by atoms with Crippen LogP contribution in [0.15, 0.2) is 12.2 Å². The fraction of sp³-hybridized carbons (Fsp3) is 0.852. The Kier molecular flexibility index (Phi) is 61.7. The Morgan fingerprint density at radius 1 is 0.407 bits per heavy atom. The minimum Gasteiger partial charge on any atom is -0.434 e. The van der Waals surface area contributed by atoms with Crippen LogP contribution >= 0.6 is 0 Å².